The van der Waals surface area contributed by atoms with E-state index in [0.717, 1.165) is 30.3 Å². The lowest BCUT2D eigenvalue weighted by Crippen LogP contribution is -2.41. The quantitative estimate of drug-likeness (QED) is 0.739. The van der Waals surface area contributed by atoms with E-state index in [4.69, 9.17) is 0 Å². The molecule has 0 aromatic heterocycles. The fraction of sp³-hybridized carbons (Fsp3) is 0.700. The Morgan fingerprint density at radius 3 is 2.57 bits per heavy atom. The standard InChI is InChI=1S/C20H33N/c1-4-21-20-14-13-18(16(2)3)15-19(20)12-8-11-17-9-6-5-7-10-17/h5-7,9-10,16,18-21H,4,8,11-15H2,1-3H3. The summed E-state index contributed by atoms with van der Waals surface area (Å²) in [4.78, 5) is 0. The molecule has 1 aromatic rings. The lowest BCUT2D eigenvalue weighted by Gasteiger charge is -2.38. The Morgan fingerprint density at radius 2 is 1.90 bits per heavy atom. The van der Waals surface area contributed by atoms with Gasteiger partial charge < -0.3 is 5.32 Å². The van der Waals surface area contributed by atoms with E-state index in [2.05, 4.69) is 56.4 Å². The maximum absolute atomic E-state index is 3.74. The molecule has 1 aliphatic rings. The largest absolute Gasteiger partial charge is 0.314 e. The van der Waals surface area contributed by atoms with Gasteiger partial charge >= 0.3 is 0 Å². The SMILES string of the molecule is CCNC1CCC(C(C)C)CC1CCCc1ccccc1. The van der Waals surface area contributed by atoms with E-state index < -0.39 is 0 Å². The lowest BCUT2D eigenvalue weighted by molar-refractivity contribution is 0.160. The van der Waals surface area contributed by atoms with E-state index in [1.165, 1.54) is 44.1 Å². The normalized spacial score (nSPS) is 26.2. The molecule has 0 radical (unpaired) electrons. The Labute approximate surface area is 131 Å². The molecule has 0 spiro atoms. The molecule has 1 heteroatoms. The summed E-state index contributed by atoms with van der Waals surface area (Å²) >= 11 is 0. The van der Waals surface area contributed by atoms with Crippen molar-refractivity contribution >= 4 is 0 Å². The van der Waals surface area contributed by atoms with Crippen LogP contribution in [0.25, 0.3) is 0 Å². The van der Waals surface area contributed by atoms with Crippen molar-refractivity contribution in [2.45, 2.75) is 65.3 Å². The van der Waals surface area contributed by atoms with Gasteiger partial charge in [0, 0.05) is 6.04 Å². The molecule has 3 atom stereocenters. The zero-order valence-corrected chi connectivity index (χ0v) is 14.1. The summed E-state index contributed by atoms with van der Waals surface area (Å²) in [5.74, 6) is 2.68. The Bertz CT molecular complexity index is 384. The molecule has 21 heavy (non-hydrogen) atoms. The molecule has 0 heterocycles. The molecule has 0 aliphatic heterocycles. The van der Waals surface area contributed by atoms with Crippen molar-refractivity contribution in [2.75, 3.05) is 6.54 Å². The van der Waals surface area contributed by atoms with Gasteiger partial charge in [0.25, 0.3) is 0 Å². The number of aryl methyl sites for hydroxylation is 1. The minimum Gasteiger partial charge on any atom is -0.314 e. The third kappa shape index (κ3) is 5.14. The molecule has 0 bridgehead atoms. The van der Waals surface area contributed by atoms with Gasteiger partial charge in [0.1, 0.15) is 0 Å². The maximum atomic E-state index is 3.74. The van der Waals surface area contributed by atoms with E-state index >= 15 is 0 Å². The molecule has 1 fully saturated rings. The summed E-state index contributed by atoms with van der Waals surface area (Å²) in [7, 11) is 0. The molecule has 3 unspecified atom stereocenters. The summed E-state index contributed by atoms with van der Waals surface area (Å²) in [6, 6.07) is 11.7. The molecular formula is C20H33N. The van der Waals surface area contributed by atoms with Crippen LogP contribution in [0.2, 0.25) is 0 Å². The number of hydrogen-bond acceptors (Lipinski definition) is 1. The zero-order chi connectivity index (χ0) is 15.1. The van der Waals surface area contributed by atoms with Crippen molar-refractivity contribution < 1.29 is 0 Å². The molecule has 118 valence electrons. The molecule has 1 aromatic carbocycles. The molecule has 1 nitrogen and oxygen atoms in total. The Kier molecular flexibility index (Phi) is 6.76. The van der Waals surface area contributed by atoms with Crippen LogP contribution in [0.3, 0.4) is 0 Å². The topological polar surface area (TPSA) is 12.0 Å². The van der Waals surface area contributed by atoms with Gasteiger partial charge in [0.2, 0.25) is 0 Å². The van der Waals surface area contributed by atoms with Crippen LogP contribution in [0.5, 0.6) is 0 Å². The van der Waals surface area contributed by atoms with Gasteiger partial charge in [-0.2, -0.15) is 0 Å². The van der Waals surface area contributed by atoms with Gasteiger partial charge in [0.15, 0.2) is 0 Å². The highest BCUT2D eigenvalue weighted by atomic mass is 14.9. The second-order valence-electron chi connectivity index (χ2n) is 7.12. The fourth-order valence-electron chi connectivity index (χ4n) is 3.97. The summed E-state index contributed by atoms with van der Waals surface area (Å²) in [6.07, 6.45) is 8.20. The third-order valence-corrected chi connectivity index (χ3v) is 5.32. The van der Waals surface area contributed by atoms with Gasteiger partial charge in [-0.3, -0.25) is 0 Å². The molecule has 1 aliphatic carbocycles. The predicted molar refractivity (Wildman–Crippen MR) is 92.5 cm³/mol. The fourth-order valence-corrected chi connectivity index (χ4v) is 3.97. The molecule has 1 saturated carbocycles. The molecule has 1 N–H and O–H groups in total. The predicted octanol–water partition coefficient (Wildman–Crippen LogP) is 5.06. The second-order valence-corrected chi connectivity index (χ2v) is 7.12. The van der Waals surface area contributed by atoms with Crippen LogP contribution in [0.15, 0.2) is 30.3 Å². The van der Waals surface area contributed by atoms with Crippen molar-refractivity contribution in [1.82, 2.24) is 5.32 Å². The number of nitrogens with one attached hydrogen (secondary N) is 1. The van der Waals surface area contributed by atoms with Gasteiger partial charge in [-0.25, -0.2) is 0 Å². The van der Waals surface area contributed by atoms with Crippen molar-refractivity contribution in [2.24, 2.45) is 17.8 Å². The summed E-state index contributed by atoms with van der Waals surface area (Å²) in [5, 5.41) is 3.74. The van der Waals surface area contributed by atoms with E-state index in [9.17, 15) is 0 Å². The second kappa shape index (κ2) is 8.58. The maximum Gasteiger partial charge on any atom is 0.00954 e. The van der Waals surface area contributed by atoms with Crippen molar-refractivity contribution in [3.05, 3.63) is 35.9 Å². The first-order valence-electron chi connectivity index (χ1n) is 8.98. The van der Waals surface area contributed by atoms with Gasteiger partial charge in [-0.1, -0.05) is 51.1 Å². The first-order chi connectivity index (χ1) is 10.2. The molecular weight excluding hydrogens is 254 g/mol. The van der Waals surface area contributed by atoms with Crippen molar-refractivity contribution in [3.8, 4) is 0 Å². The molecule has 0 saturated heterocycles. The Morgan fingerprint density at radius 1 is 1.14 bits per heavy atom. The minimum absolute atomic E-state index is 0.765. The van der Waals surface area contributed by atoms with Gasteiger partial charge in [-0.05, 0) is 68.4 Å². The van der Waals surface area contributed by atoms with Crippen LogP contribution < -0.4 is 5.32 Å². The van der Waals surface area contributed by atoms with Crippen molar-refractivity contribution in [3.63, 3.8) is 0 Å². The van der Waals surface area contributed by atoms with Crippen molar-refractivity contribution in [1.29, 1.82) is 0 Å². The van der Waals surface area contributed by atoms with E-state index in [1.54, 1.807) is 0 Å². The number of hydrogen-bond donors (Lipinski definition) is 1. The van der Waals surface area contributed by atoms with Crippen LogP contribution in [0, 0.1) is 17.8 Å². The first kappa shape index (κ1) is 16.5. The van der Waals surface area contributed by atoms with Crippen LogP contribution in [0.1, 0.15) is 58.4 Å². The summed E-state index contributed by atoms with van der Waals surface area (Å²) in [5.41, 5.74) is 1.49. The Balaban J connectivity index is 1.84. The zero-order valence-electron chi connectivity index (χ0n) is 14.1. The van der Waals surface area contributed by atoms with Crippen LogP contribution in [-0.2, 0) is 6.42 Å². The molecule has 2 rings (SSSR count). The monoisotopic (exact) mass is 287 g/mol. The first-order valence-corrected chi connectivity index (χ1v) is 8.98. The number of benzene rings is 1. The highest BCUT2D eigenvalue weighted by molar-refractivity contribution is 5.14. The van der Waals surface area contributed by atoms with Gasteiger partial charge in [0.05, 0.1) is 0 Å². The van der Waals surface area contributed by atoms with Crippen LogP contribution >= 0.6 is 0 Å². The smallest absolute Gasteiger partial charge is 0.00954 e. The summed E-state index contributed by atoms with van der Waals surface area (Å²) < 4.78 is 0. The Hall–Kier alpha value is -0.820. The van der Waals surface area contributed by atoms with Crippen LogP contribution in [-0.4, -0.2) is 12.6 Å². The van der Waals surface area contributed by atoms with Gasteiger partial charge in [-0.15, -0.1) is 0 Å². The highest BCUT2D eigenvalue weighted by Gasteiger charge is 2.30. The van der Waals surface area contributed by atoms with Crippen LogP contribution in [0.4, 0.5) is 0 Å². The van der Waals surface area contributed by atoms with E-state index in [0.29, 0.717) is 0 Å². The highest BCUT2D eigenvalue weighted by Crippen LogP contribution is 2.36. The van der Waals surface area contributed by atoms with E-state index in [1.807, 2.05) is 0 Å². The lowest BCUT2D eigenvalue weighted by atomic mass is 9.72. The number of rotatable bonds is 7. The third-order valence-electron chi connectivity index (χ3n) is 5.32. The minimum atomic E-state index is 0.765. The average molecular weight is 287 g/mol. The van der Waals surface area contributed by atoms with E-state index in [-0.39, 0.29) is 0 Å². The molecule has 0 amide bonds. The summed E-state index contributed by atoms with van der Waals surface area (Å²) in [6.45, 7) is 8.17. The average Bonchev–Trinajstić information content (AvgIpc) is 2.50.